The Balaban J connectivity index is 1.82. The van der Waals surface area contributed by atoms with E-state index in [9.17, 15) is 4.79 Å². The number of hydrogen-bond acceptors (Lipinski definition) is 2. The van der Waals surface area contributed by atoms with E-state index < -0.39 is 0 Å². The van der Waals surface area contributed by atoms with Gasteiger partial charge in [0.1, 0.15) is 0 Å². The SMILES string of the molecule is CCN(CCNC(=O)Nc1ccccc1Br)c1ccc(C)cc1. The summed E-state index contributed by atoms with van der Waals surface area (Å²) in [4.78, 5) is 14.2. The monoisotopic (exact) mass is 375 g/mol. The zero-order valence-electron chi connectivity index (χ0n) is 13.5. The molecular formula is C18H22BrN3O. The Morgan fingerprint density at radius 1 is 1.13 bits per heavy atom. The number of amides is 2. The topological polar surface area (TPSA) is 44.4 Å². The molecule has 0 atom stereocenters. The van der Waals surface area contributed by atoms with Crippen molar-refractivity contribution in [3.05, 3.63) is 58.6 Å². The average molecular weight is 376 g/mol. The first-order chi connectivity index (χ1) is 11.1. The van der Waals surface area contributed by atoms with E-state index >= 15 is 0 Å². The maximum absolute atomic E-state index is 12.0. The van der Waals surface area contributed by atoms with Crippen molar-refractivity contribution in [1.29, 1.82) is 0 Å². The summed E-state index contributed by atoms with van der Waals surface area (Å²) in [7, 11) is 0. The first-order valence-corrected chi connectivity index (χ1v) is 8.50. The molecule has 0 fully saturated rings. The van der Waals surface area contributed by atoms with Gasteiger partial charge in [-0.15, -0.1) is 0 Å². The molecule has 0 aromatic heterocycles. The quantitative estimate of drug-likeness (QED) is 0.785. The van der Waals surface area contributed by atoms with Crippen LogP contribution < -0.4 is 15.5 Å². The number of hydrogen-bond donors (Lipinski definition) is 2. The Hall–Kier alpha value is -2.01. The number of para-hydroxylation sites is 1. The van der Waals surface area contributed by atoms with E-state index in [4.69, 9.17) is 0 Å². The number of nitrogens with zero attached hydrogens (tertiary/aromatic N) is 1. The minimum absolute atomic E-state index is 0.197. The van der Waals surface area contributed by atoms with E-state index in [0.29, 0.717) is 6.54 Å². The van der Waals surface area contributed by atoms with Gasteiger partial charge in [-0.1, -0.05) is 29.8 Å². The summed E-state index contributed by atoms with van der Waals surface area (Å²) < 4.78 is 0.866. The van der Waals surface area contributed by atoms with Gasteiger partial charge in [0.25, 0.3) is 0 Å². The molecule has 0 unspecified atom stereocenters. The molecule has 0 aliphatic carbocycles. The first kappa shape index (κ1) is 17.3. The zero-order valence-corrected chi connectivity index (χ0v) is 15.1. The molecule has 0 aliphatic heterocycles. The van der Waals surface area contributed by atoms with Crippen molar-refractivity contribution < 1.29 is 4.79 Å². The molecule has 2 aromatic carbocycles. The molecule has 0 aliphatic rings. The Morgan fingerprint density at radius 3 is 2.48 bits per heavy atom. The highest BCUT2D eigenvalue weighted by molar-refractivity contribution is 9.10. The number of rotatable bonds is 6. The molecule has 0 saturated carbocycles. The van der Waals surface area contributed by atoms with Crippen molar-refractivity contribution in [1.82, 2.24) is 5.32 Å². The van der Waals surface area contributed by atoms with E-state index in [1.165, 1.54) is 11.3 Å². The molecule has 2 amide bonds. The fourth-order valence-electron chi connectivity index (χ4n) is 2.26. The minimum atomic E-state index is -0.197. The lowest BCUT2D eigenvalue weighted by atomic mass is 10.2. The Morgan fingerprint density at radius 2 is 1.83 bits per heavy atom. The molecule has 4 nitrogen and oxygen atoms in total. The predicted molar refractivity (Wildman–Crippen MR) is 100 cm³/mol. The number of carbonyl (C=O) groups is 1. The van der Waals surface area contributed by atoms with Crippen LogP contribution in [0.15, 0.2) is 53.0 Å². The lowest BCUT2D eigenvalue weighted by molar-refractivity contribution is 0.252. The summed E-state index contributed by atoms with van der Waals surface area (Å²) in [6, 6.07) is 15.8. The van der Waals surface area contributed by atoms with Gasteiger partial charge in [0.15, 0.2) is 0 Å². The zero-order chi connectivity index (χ0) is 16.7. The second-order valence-electron chi connectivity index (χ2n) is 5.28. The fraction of sp³-hybridized carbons (Fsp3) is 0.278. The van der Waals surface area contributed by atoms with Gasteiger partial charge in [0.05, 0.1) is 5.69 Å². The largest absolute Gasteiger partial charge is 0.370 e. The molecule has 2 rings (SSSR count). The number of anilines is 2. The third-order valence-electron chi connectivity index (χ3n) is 3.57. The van der Waals surface area contributed by atoms with Crippen LogP contribution in [0.4, 0.5) is 16.2 Å². The van der Waals surface area contributed by atoms with Crippen LogP contribution in [0.5, 0.6) is 0 Å². The van der Waals surface area contributed by atoms with E-state index in [2.05, 4.69) is 69.6 Å². The summed E-state index contributed by atoms with van der Waals surface area (Å²) in [5.41, 5.74) is 3.18. The lowest BCUT2D eigenvalue weighted by Gasteiger charge is -2.23. The molecule has 23 heavy (non-hydrogen) atoms. The van der Waals surface area contributed by atoms with Gasteiger partial charge < -0.3 is 15.5 Å². The van der Waals surface area contributed by atoms with Gasteiger partial charge in [0.2, 0.25) is 0 Å². The normalized spacial score (nSPS) is 10.2. The number of benzene rings is 2. The van der Waals surface area contributed by atoms with Crippen molar-refractivity contribution in [2.24, 2.45) is 0 Å². The third-order valence-corrected chi connectivity index (χ3v) is 4.26. The van der Waals surface area contributed by atoms with Crippen LogP contribution in [0.2, 0.25) is 0 Å². The van der Waals surface area contributed by atoms with Crippen molar-refractivity contribution in [3.63, 3.8) is 0 Å². The number of urea groups is 1. The number of nitrogens with one attached hydrogen (secondary N) is 2. The summed E-state index contributed by atoms with van der Waals surface area (Å²) in [5, 5.41) is 5.73. The van der Waals surface area contributed by atoms with Gasteiger partial charge in [-0.3, -0.25) is 0 Å². The molecule has 2 aromatic rings. The van der Waals surface area contributed by atoms with Crippen LogP contribution in [0.3, 0.4) is 0 Å². The first-order valence-electron chi connectivity index (χ1n) is 7.71. The molecule has 0 saturated heterocycles. The Bertz CT molecular complexity index is 643. The highest BCUT2D eigenvalue weighted by atomic mass is 79.9. The van der Waals surface area contributed by atoms with Gasteiger partial charge in [-0.2, -0.15) is 0 Å². The second kappa shape index (κ2) is 8.58. The van der Waals surface area contributed by atoms with Crippen molar-refractivity contribution >= 4 is 33.3 Å². The summed E-state index contributed by atoms with van der Waals surface area (Å²) in [6.45, 7) is 6.44. The van der Waals surface area contributed by atoms with Crippen LogP contribution >= 0.6 is 15.9 Å². The van der Waals surface area contributed by atoms with Crippen LogP contribution in [-0.2, 0) is 0 Å². The highest BCUT2D eigenvalue weighted by Gasteiger charge is 2.06. The molecule has 2 N–H and O–H groups in total. The summed E-state index contributed by atoms with van der Waals surface area (Å²) in [6.07, 6.45) is 0. The fourth-order valence-corrected chi connectivity index (χ4v) is 2.64. The van der Waals surface area contributed by atoms with Crippen molar-refractivity contribution in [2.75, 3.05) is 29.9 Å². The maximum atomic E-state index is 12.0. The lowest BCUT2D eigenvalue weighted by Crippen LogP contribution is -2.37. The molecule has 0 radical (unpaired) electrons. The summed E-state index contributed by atoms with van der Waals surface area (Å²) in [5.74, 6) is 0. The van der Waals surface area contributed by atoms with Gasteiger partial charge in [-0.05, 0) is 54.0 Å². The van der Waals surface area contributed by atoms with E-state index in [0.717, 1.165) is 23.2 Å². The smallest absolute Gasteiger partial charge is 0.319 e. The predicted octanol–water partition coefficient (Wildman–Crippen LogP) is 4.41. The molecule has 0 bridgehead atoms. The van der Waals surface area contributed by atoms with E-state index in [1.54, 1.807) is 0 Å². The number of likely N-dealkylation sites (N-methyl/N-ethyl adjacent to an activating group) is 1. The van der Waals surface area contributed by atoms with Crippen molar-refractivity contribution in [3.8, 4) is 0 Å². The number of aryl methyl sites for hydroxylation is 1. The van der Waals surface area contributed by atoms with Crippen LogP contribution in [0, 0.1) is 6.92 Å². The maximum Gasteiger partial charge on any atom is 0.319 e. The van der Waals surface area contributed by atoms with Gasteiger partial charge in [-0.25, -0.2) is 4.79 Å². The van der Waals surface area contributed by atoms with Gasteiger partial charge >= 0.3 is 6.03 Å². The standard InChI is InChI=1S/C18H22BrN3O/c1-3-22(15-10-8-14(2)9-11-15)13-12-20-18(23)21-17-7-5-4-6-16(17)19/h4-11H,3,12-13H2,1-2H3,(H2,20,21,23). The van der Waals surface area contributed by atoms with E-state index in [-0.39, 0.29) is 6.03 Å². The van der Waals surface area contributed by atoms with E-state index in [1.807, 2.05) is 24.3 Å². The minimum Gasteiger partial charge on any atom is -0.370 e. The number of halogens is 1. The van der Waals surface area contributed by atoms with Gasteiger partial charge in [0, 0.05) is 29.8 Å². The average Bonchev–Trinajstić information content (AvgIpc) is 2.55. The second-order valence-corrected chi connectivity index (χ2v) is 6.13. The van der Waals surface area contributed by atoms with Crippen LogP contribution in [-0.4, -0.2) is 25.7 Å². The Labute approximate surface area is 146 Å². The van der Waals surface area contributed by atoms with Crippen LogP contribution in [0.25, 0.3) is 0 Å². The highest BCUT2D eigenvalue weighted by Crippen LogP contribution is 2.20. The Kier molecular flexibility index (Phi) is 6.47. The summed E-state index contributed by atoms with van der Waals surface area (Å²) >= 11 is 3.41. The molecule has 0 heterocycles. The molecule has 0 spiro atoms. The van der Waals surface area contributed by atoms with Crippen molar-refractivity contribution in [2.45, 2.75) is 13.8 Å². The third kappa shape index (κ3) is 5.28. The molecule has 5 heteroatoms. The number of carbonyl (C=O) groups excluding carboxylic acids is 1. The molecule has 122 valence electrons. The molecular weight excluding hydrogens is 354 g/mol. The van der Waals surface area contributed by atoms with Crippen LogP contribution in [0.1, 0.15) is 12.5 Å².